The van der Waals surface area contributed by atoms with E-state index in [0.717, 1.165) is 31.6 Å². The average Bonchev–Trinajstić information content (AvgIpc) is 2.90. The van der Waals surface area contributed by atoms with Gasteiger partial charge in [-0.15, -0.1) is 0 Å². The molecular weight excluding hydrogens is 320 g/mol. The molecule has 3 aliphatic rings. The minimum absolute atomic E-state index is 0.00484. The molecule has 1 N–H and O–H groups in total. The second kappa shape index (κ2) is 5.93. The molecule has 25 heavy (non-hydrogen) atoms. The number of ether oxygens (including phenoxy) is 2. The summed E-state index contributed by atoms with van der Waals surface area (Å²) in [6.07, 6.45) is 2.38. The number of rotatable bonds is 4. The summed E-state index contributed by atoms with van der Waals surface area (Å²) in [5.74, 6) is 1.99. The molecule has 2 heterocycles. The number of benzene rings is 1. The van der Waals surface area contributed by atoms with E-state index in [2.05, 4.69) is 19.2 Å². The molecule has 4 rings (SSSR count). The molecule has 2 amide bonds. The van der Waals surface area contributed by atoms with Gasteiger partial charge < -0.3 is 19.7 Å². The van der Waals surface area contributed by atoms with Crippen molar-refractivity contribution in [2.45, 2.75) is 33.1 Å². The molecule has 2 aliphatic heterocycles. The normalized spacial score (nSPS) is 26.4. The molecule has 1 saturated carbocycles. The average molecular weight is 344 g/mol. The molecule has 134 valence electrons. The number of nitrogens with zero attached hydrogens (tertiary/aromatic N) is 1. The maximum atomic E-state index is 12.6. The molecule has 1 spiro atoms. The largest absolute Gasteiger partial charge is 0.454 e. The molecule has 0 aromatic heterocycles. The quantitative estimate of drug-likeness (QED) is 0.912. The van der Waals surface area contributed by atoms with E-state index in [1.807, 2.05) is 17.0 Å². The molecule has 1 saturated heterocycles. The monoisotopic (exact) mass is 344 g/mol. The Morgan fingerprint density at radius 2 is 2.12 bits per heavy atom. The van der Waals surface area contributed by atoms with Crippen LogP contribution >= 0.6 is 0 Å². The molecule has 6 heteroatoms. The van der Waals surface area contributed by atoms with Gasteiger partial charge in [0.25, 0.3) is 0 Å². The number of hydrogen-bond acceptors (Lipinski definition) is 4. The van der Waals surface area contributed by atoms with Gasteiger partial charge in [-0.25, -0.2) is 0 Å². The van der Waals surface area contributed by atoms with E-state index < -0.39 is 0 Å². The number of likely N-dealkylation sites (tertiary alicyclic amines) is 1. The van der Waals surface area contributed by atoms with Crippen LogP contribution in [0.4, 0.5) is 5.69 Å². The van der Waals surface area contributed by atoms with Crippen molar-refractivity contribution in [2.75, 3.05) is 25.2 Å². The maximum absolute atomic E-state index is 12.6. The lowest BCUT2D eigenvalue weighted by molar-refractivity contribution is -0.131. The molecule has 6 nitrogen and oxygen atoms in total. The van der Waals surface area contributed by atoms with Crippen LogP contribution in [-0.2, 0) is 9.59 Å². The smallest absolute Gasteiger partial charge is 0.231 e. The van der Waals surface area contributed by atoms with Crippen LogP contribution in [0.3, 0.4) is 0 Å². The van der Waals surface area contributed by atoms with Gasteiger partial charge in [0.05, 0.1) is 0 Å². The van der Waals surface area contributed by atoms with Crippen LogP contribution in [0.25, 0.3) is 0 Å². The first-order valence-corrected chi connectivity index (χ1v) is 8.95. The van der Waals surface area contributed by atoms with Crippen LogP contribution in [-0.4, -0.2) is 36.6 Å². The Hall–Kier alpha value is -2.24. The molecular formula is C19H24N2O4. The van der Waals surface area contributed by atoms with Crippen molar-refractivity contribution in [1.29, 1.82) is 0 Å². The van der Waals surface area contributed by atoms with Gasteiger partial charge in [-0.2, -0.15) is 0 Å². The minimum Gasteiger partial charge on any atom is -0.454 e. The summed E-state index contributed by atoms with van der Waals surface area (Å²) in [6, 6.07) is 5.43. The third-order valence-electron chi connectivity index (χ3n) is 5.47. The standard InChI is InChI=1S/C19H24N2O4/c1-12(2)7-17(22)21-6-5-19(10-21)9-14(19)18(23)20-13-3-4-15-16(8-13)25-11-24-15/h3-4,8,12,14H,5-7,9-11H2,1-2H3,(H,20,23). The van der Waals surface area contributed by atoms with Crippen LogP contribution < -0.4 is 14.8 Å². The molecule has 0 bridgehead atoms. The molecule has 1 aromatic rings. The SMILES string of the molecule is CC(C)CC(=O)N1CCC2(CC2C(=O)Nc2ccc3c(c2)OCO3)C1. The minimum atomic E-state index is -0.00688. The van der Waals surface area contributed by atoms with Crippen molar-refractivity contribution in [3.8, 4) is 11.5 Å². The highest BCUT2D eigenvalue weighted by Crippen LogP contribution is 2.59. The zero-order valence-corrected chi connectivity index (χ0v) is 14.7. The van der Waals surface area contributed by atoms with Crippen LogP contribution in [0.1, 0.15) is 33.1 Å². The Morgan fingerprint density at radius 3 is 2.92 bits per heavy atom. The maximum Gasteiger partial charge on any atom is 0.231 e. The number of carbonyl (C=O) groups is 2. The summed E-state index contributed by atoms with van der Waals surface area (Å²) < 4.78 is 10.6. The summed E-state index contributed by atoms with van der Waals surface area (Å²) in [7, 11) is 0. The van der Waals surface area contributed by atoms with Gasteiger partial charge in [-0.05, 0) is 30.9 Å². The van der Waals surface area contributed by atoms with E-state index in [-0.39, 0.29) is 29.9 Å². The Bertz CT molecular complexity index is 717. The van der Waals surface area contributed by atoms with Crippen LogP contribution in [0, 0.1) is 17.3 Å². The van der Waals surface area contributed by atoms with E-state index in [4.69, 9.17) is 9.47 Å². The Kier molecular flexibility index (Phi) is 3.85. The van der Waals surface area contributed by atoms with Gasteiger partial charge in [0, 0.05) is 42.6 Å². The van der Waals surface area contributed by atoms with Crippen molar-refractivity contribution in [2.24, 2.45) is 17.3 Å². The van der Waals surface area contributed by atoms with Crippen molar-refractivity contribution >= 4 is 17.5 Å². The zero-order chi connectivity index (χ0) is 17.6. The van der Waals surface area contributed by atoms with Gasteiger partial charge in [0.2, 0.25) is 18.6 Å². The van der Waals surface area contributed by atoms with E-state index in [1.54, 1.807) is 6.07 Å². The van der Waals surface area contributed by atoms with Gasteiger partial charge in [0.15, 0.2) is 11.5 Å². The topological polar surface area (TPSA) is 67.9 Å². The third-order valence-corrected chi connectivity index (χ3v) is 5.47. The van der Waals surface area contributed by atoms with Crippen LogP contribution in [0.15, 0.2) is 18.2 Å². The Morgan fingerprint density at radius 1 is 1.32 bits per heavy atom. The number of fused-ring (bicyclic) bond motifs is 1. The number of hydrogen-bond donors (Lipinski definition) is 1. The van der Waals surface area contributed by atoms with Crippen molar-refractivity contribution in [3.05, 3.63) is 18.2 Å². The lowest BCUT2D eigenvalue weighted by Gasteiger charge is -2.18. The highest BCUT2D eigenvalue weighted by molar-refractivity contribution is 5.95. The summed E-state index contributed by atoms with van der Waals surface area (Å²) in [5.41, 5.74) is 0.717. The second-order valence-corrected chi connectivity index (χ2v) is 7.84. The molecule has 2 unspecified atom stereocenters. The number of nitrogens with one attached hydrogen (secondary N) is 1. The van der Waals surface area contributed by atoms with E-state index >= 15 is 0 Å². The second-order valence-electron chi connectivity index (χ2n) is 7.84. The van der Waals surface area contributed by atoms with Gasteiger partial charge in [-0.3, -0.25) is 9.59 Å². The fourth-order valence-electron chi connectivity index (χ4n) is 3.96. The van der Waals surface area contributed by atoms with Crippen molar-refractivity contribution < 1.29 is 19.1 Å². The first-order valence-electron chi connectivity index (χ1n) is 8.95. The lowest BCUT2D eigenvalue weighted by atomic mass is 10.0. The van der Waals surface area contributed by atoms with Crippen molar-refractivity contribution in [3.63, 3.8) is 0 Å². The van der Waals surface area contributed by atoms with Gasteiger partial charge >= 0.3 is 0 Å². The third kappa shape index (κ3) is 3.05. The highest BCUT2D eigenvalue weighted by Gasteiger charge is 2.61. The highest BCUT2D eigenvalue weighted by atomic mass is 16.7. The van der Waals surface area contributed by atoms with E-state index in [1.165, 1.54) is 0 Å². The summed E-state index contributed by atoms with van der Waals surface area (Å²) in [5, 5.41) is 2.98. The number of anilines is 1. The molecule has 2 atom stereocenters. The molecule has 2 fully saturated rings. The summed E-state index contributed by atoms with van der Waals surface area (Å²) in [4.78, 5) is 26.8. The predicted octanol–water partition coefficient (Wildman–Crippen LogP) is 2.64. The number of amides is 2. The zero-order valence-electron chi connectivity index (χ0n) is 14.7. The fourth-order valence-corrected chi connectivity index (χ4v) is 3.96. The first kappa shape index (κ1) is 16.2. The van der Waals surface area contributed by atoms with Gasteiger partial charge in [-0.1, -0.05) is 13.8 Å². The summed E-state index contributed by atoms with van der Waals surface area (Å²) >= 11 is 0. The molecule has 0 radical (unpaired) electrons. The van der Waals surface area contributed by atoms with Crippen molar-refractivity contribution in [1.82, 2.24) is 4.90 Å². The van der Waals surface area contributed by atoms with Crippen LogP contribution in [0.5, 0.6) is 11.5 Å². The molecule has 1 aromatic carbocycles. The van der Waals surface area contributed by atoms with Crippen LogP contribution in [0.2, 0.25) is 0 Å². The lowest BCUT2D eigenvalue weighted by Crippen LogP contribution is -2.30. The Labute approximate surface area is 147 Å². The Balaban J connectivity index is 1.35. The van der Waals surface area contributed by atoms with E-state index in [0.29, 0.717) is 23.8 Å². The fraction of sp³-hybridized carbons (Fsp3) is 0.579. The number of carbonyl (C=O) groups excluding carboxylic acids is 2. The first-order chi connectivity index (χ1) is 12.0. The van der Waals surface area contributed by atoms with Gasteiger partial charge in [0.1, 0.15) is 0 Å². The molecule has 1 aliphatic carbocycles. The predicted molar refractivity (Wildman–Crippen MR) is 92.4 cm³/mol. The summed E-state index contributed by atoms with van der Waals surface area (Å²) in [6.45, 7) is 5.83. The van der Waals surface area contributed by atoms with E-state index in [9.17, 15) is 9.59 Å².